The number of hydrogen-bond donors (Lipinski definition) is 2. The second-order valence-electron chi connectivity index (χ2n) is 3.38. The lowest BCUT2D eigenvalue weighted by atomic mass is 10.4. The lowest BCUT2D eigenvalue weighted by Crippen LogP contribution is -2.36. The first-order valence-electron chi connectivity index (χ1n) is 5.84. The highest BCUT2D eigenvalue weighted by molar-refractivity contribution is 5.76. The molecule has 0 saturated carbocycles. The summed E-state index contributed by atoms with van der Waals surface area (Å²) in [6.07, 6.45) is -0.326. The monoisotopic (exact) mass is 246 g/mol. The fourth-order valence-electron chi connectivity index (χ4n) is 1.20. The van der Waals surface area contributed by atoms with Gasteiger partial charge in [0, 0.05) is 33.2 Å². The van der Waals surface area contributed by atoms with E-state index in [0.717, 1.165) is 0 Å². The number of nitrogens with one attached hydrogen (secondary N) is 2. The number of carbonyl (C=O) groups is 2. The van der Waals surface area contributed by atoms with Gasteiger partial charge in [-0.15, -0.1) is 0 Å². The van der Waals surface area contributed by atoms with Crippen LogP contribution in [0.3, 0.4) is 0 Å². The van der Waals surface area contributed by atoms with Crippen LogP contribution in [0.1, 0.15) is 27.2 Å². The topological polar surface area (TPSA) is 76.7 Å². The SMILES string of the molecule is CCOC(CC(=O)NCCNC(C)=O)OCC. The van der Waals surface area contributed by atoms with Crippen LogP contribution in [0.15, 0.2) is 0 Å². The number of amides is 2. The molecule has 0 heterocycles. The first-order chi connectivity index (χ1) is 8.10. The van der Waals surface area contributed by atoms with Crippen LogP contribution in [0.2, 0.25) is 0 Å². The largest absolute Gasteiger partial charge is 0.355 e. The van der Waals surface area contributed by atoms with Crippen molar-refractivity contribution >= 4 is 11.8 Å². The predicted octanol–water partition coefficient (Wildman–Crippen LogP) is 0.0279. The molecular formula is C11H22N2O4. The van der Waals surface area contributed by atoms with Crippen molar-refractivity contribution in [3.8, 4) is 0 Å². The molecule has 0 bridgehead atoms. The van der Waals surface area contributed by atoms with Crippen molar-refractivity contribution in [3.63, 3.8) is 0 Å². The van der Waals surface area contributed by atoms with E-state index in [4.69, 9.17) is 9.47 Å². The highest BCUT2D eigenvalue weighted by atomic mass is 16.7. The van der Waals surface area contributed by atoms with Gasteiger partial charge < -0.3 is 20.1 Å². The van der Waals surface area contributed by atoms with Crippen LogP contribution in [0.5, 0.6) is 0 Å². The van der Waals surface area contributed by atoms with Crippen molar-refractivity contribution in [2.24, 2.45) is 0 Å². The van der Waals surface area contributed by atoms with Gasteiger partial charge in [0.15, 0.2) is 6.29 Å². The molecule has 0 radical (unpaired) electrons. The molecule has 0 aliphatic rings. The van der Waals surface area contributed by atoms with Crippen molar-refractivity contribution in [2.75, 3.05) is 26.3 Å². The zero-order chi connectivity index (χ0) is 13.1. The maximum absolute atomic E-state index is 11.5. The first kappa shape index (κ1) is 15.9. The predicted molar refractivity (Wildman–Crippen MR) is 63.4 cm³/mol. The normalized spacial score (nSPS) is 10.4. The summed E-state index contributed by atoms with van der Waals surface area (Å²) in [4.78, 5) is 22.0. The molecule has 6 heteroatoms. The molecule has 100 valence electrons. The molecule has 0 rings (SSSR count). The molecule has 0 aromatic rings. The summed E-state index contributed by atoms with van der Waals surface area (Å²) in [5.74, 6) is -0.261. The van der Waals surface area contributed by atoms with Gasteiger partial charge >= 0.3 is 0 Å². The molecule has 0 unspecified atom stereocenters. The van der Waals surface area contributed by atoms with Gasteiger partial charge in [0.05, 0.1) is 6.42 Å². The maximum atomic E-state index is 11.5. The van der Waals surface area contributed by atoms with Crippen molar-refractivity contribution in [3.05, 3.63) is 0 Å². The van der Waals surface area contributed by atoms with Gasteiger partial charge in [0.1, 0.15) is 0 Å². The van der Waals surface area contributed by atoms with Gasteiger partial charge in [0.25, 0.3) is 0 Å². The van der Waals surface area contributed by atoms with Gasteiger partial charge in [0.2, 0.25) is 11.8 Å². The summed E-state index contributed by atoms with van der Waals surface area (Å²) in [7, 11) is 0. The zero-order valence-electron chi connectivity index (χ0n) is 10.7. The molecule has 0 saturated heterocycles. The van der Waals surface area contributed by atoms with Crippen LogP contribution in [-0.2, 0) is 19.1 Å². The Hall–Kier alpha value is -1.14. The Bertz CT molecular complexity index is 228. The molecule has 0 aromatic heterocycles. The van der Waals surface area contributed by atoms with E-state index in [1.54, 1.807) is 0 Å². The summed E-state index contributed by atoms with van der Waals surface area (Å²) in [5, 5.41) is 5.26. The standard InChI is InChI=1S/C11H22N2O4/c1-4-16-11(17-5-2)8-10(15)13-7-6-12-9(3)14/h11H,4-8H2,1-3H3,(H,12,14)(H,13,15). The van der Waals surface area contributed by atoms with Crippen molar-refractivity contribution < 1.29 is 19.1 Å². The average Bonchev–Trinajstić information content (AvgIpc) is 2.25. The van der Waals surface area contributed by atoms with Crippen LogP contribution in [0.25, 0.3) is 0 Å². The van der Waals surface area contributed by atoms with E-state index < -0.39 is 6.29 Å². The quantitative estimate of drug-likeness (QED) is 0.444. The molecule has 0 aliphatic heterocycles. The van der Waals surface area contributed by atoms with Crippen molar-refractivity contribution in [1.29, 1.82) is 0 Å². The van der Waals surface area contributed by atoms with E-state index >= 15 is 0 Å². The fourth-order valence-corrected chi connectivity index (χ4v) is 1.20. The van der Waals surface area contributed by atoms with E-state index in [1.807, 2.05) is 13.8 Å². The van der Waals surface area contributed by atoms with Gasteiger partial charge in [-0.05, 0) is 13.8 Å². The molecule has 6 nitrogen and oxygen atoms in total. The number of ether oxygens (including phenoxy) is 2. The minimum absolute atomic E-state index is 0.110. The Kier molecular flexibility index (Phi) is 9.37. The van der Waals surface area contributed by atoms with Crippen LogP contribution >= 0.6 is 0 Å². The third-order valence-corrected chi connectivity index (χ3v) is 1.88. The maximum Gasteiger partial charge on any atom is 0.225 e. The molecular weight excluding hydrogens is 224 g/mol. The highest BCUT2D eigenvalue weighted by Crippen LogP contribution is 2.00. The molecule has 2 N–H and O–H groups in total. The van der Waals surface area contributed by atoms with Gasteiger partial charge in [-0.3, -0.25) is 9.59 Å². The van der Waals surface area contributed by atoms with Crippen LogP contribution in [0, 0.1) is 0 Å². The zero-order valence-corrected chi connectivity index (χ0v) is 10.7. The fraction of sp³-hybridized carbons (Fsp3) is 0.818. The van der Waals surface area contributed by atoms with Gasteiger partial charge in [-0.2, -0.15) is 0 Å². The Morgan fingerprint density at radius 1 is 1.06 bits per heavy atom. The lowest BCUT2D eigenvalue weighted by Gasteiger charge is -2.16. The van der Waals surface area contributed by atoms with Gasteiger partial charge in [-0.1, -0.05) is 0 Å². The second-order valence-corrected chi connectivity index (χ2v) is 3.38. The van der Waals surface area contributed by atoms with E-state index in [1.165, 1.54) is 6.92 Å². The number of rotatable bonds is 9. The van der Waals surface area contributed by atoms with Crippen LogP contribution in [-0.4, -0.2) is 44.4 Å². The van der Waals surface area contributed by atoms with Crippen molar-refractivity contribution in [2.45, 2.75) is 33.5 Å². The van der Waals surface area contributed by atoms with E-state index in [9.17, 15) is 9.59 Å². The molecule has 0 fully saturated rings. The van der Waals surface area contributed by atoms with Crippen molar-refractivity contribution in [1.82, 2.24) is 10.6 Å². The minimum atomic E-state index is -0.495. The summed E-state index contributed by atoms with van der Waals surface area (Å²) >= 11 is 0. The van der Waals surface area contributed by atoms with E-state index in [2.05, 4.69) is 10.6 Å². The molecule has 2 amide bonds. The Morgan fingerprint density at radius 2 is 1.59 bits per heavy atom. The molecule has 0 spiro atoms. The number of hydrogen-bond acceptors (Lipinski definition) is 4. The Balaban J connectivity index is 3.70. The minimum Gasteiger partial charge on any atom is -0.355 e. The molecule has 0 atom stereocenters. The second kappa shape index (κ2) is 10.0. The third-order valence-electron chi connectivity index (χ3n) is 1.88. The lowest BCUT2D eigenvalue weighted by molar-refractivity contribution is -0.153. The third kappa shape index (κ3) is 9.77. The summed E-state index contributed by atoms with van der Waals surface area (Å²) < 4.78 is 10.5. The Morgan fingerprint density at radius 3 is 2.06 bits per heavy atom. The summed E-state index contributed by atoms with van der Waals surface area (Å²) in [5.41, 5.74) is 0. The van der Waals surface area contributed by atoms with Crippen LogP contribution < -0.4 is 10.6 Å². The Labute approximate surface area is 102 Å². The highest BCUT2D eigenvalue weighted by Gasteiger charge is 2.13. The molecule has 17 heavy (non-hydrogen) atoms. The average molecular weight is 246 g/mol. The number of carbonyl (C=O) groups excluding carboxylic acids is 2. The van der Waals surface area contributed by atoms with Crippen LogP contribution in [0.4, 0.5) is 0 Å². The van der Waals surface area contributed by atoms with E-state index in [-0.39, 0.29) is 18.2 Å². The summed E-state index contributed by atoms with van der Waals surface area (Å²) in [6.45, 7) is 6.97. The smallest absolute Gasteiger partial charge is 0.225 e. The molecule has 0 aromatic carbocycles. The first-order valence-corrected chi connectivity index (χ1v) is 5.84. The molecule has 0 aliphatic carbocycles. The van der Waals surface area contributed by atoms with E-state index in [0.29, 0.717) is 26.3 Å². The summed E-state index contributed by atoms with van der Waals surface area (Å²) in [6, 6.07) is 0. The van der Waals surface area contributed by atoms with Gasteiger partial charge in [-0.25, -0.2) is 0 Å².